The molecule has 0 spiro atoms. The van der Waals surface area contributed by atoms with Gasteiger partial charge in [0.25, 0.3) is 0 Å². The van der Waals surface area contributed by atoms with E-state index in [0.717, 1.165) is 41.8 Å². The number of hydrogen-bond donors (Lipinski definition) is 1. The molecule has 0 aromatic carbocycles. The van der Waals surface area contributed by atoms with Crippen LogP contribution in [0.1, 0.15) is 49.0 Å². The topological polar surface area (TPSA) is 47.0 Å². The highest BCUT2D eigenvalue weighted by Crippen LogP contribution is 2.41. The first kappa shape index (κ1) is 16.9. The summed E-state index contributed by atoms with van der Waals surface area (Å²) in [6.07, 6.45) is 9.94. The highest BCUT2D eigenvalue weighted by Gasteiger charge is 2.25. The lowest BCUT2D eigenvalue weighted by Gasteiger charge is -2.22. The molecule has 0 aliphatic heterocycles. The van der Waals surface area contributed by atoms with Gasteiger partial charge in [0.15, 0.2) is 0 Å². The van der Waals surface area contributed by atoms with Crippen molar-refractivity contribution in [3.63, 3.8) is 0 Å². The number of ether oxygens (including phenoxy) is 1. The first-order valence-electron chi connectivity index (χ1n) is 8.46. The Kier molecular flexibility index (Phi) is 5.72. The Hall–Kier alpha value is -0.910. The van der Waals surface area contributed by atoms with Crippen LogP contribution in [0, 0.1) is 0 Å². The molecule has 2 aromatic heterocycles. The van der Waals surface area contributed by atoms with E-state index >= 15 is 0 Å². The second kappa shape index (κ2) is 7.77. The van der Waals surface area contributed by atoms with Gasteiger partial charge in [0.05, 0.1) is 5.39 Å². The number of hydrogen-bond acceptors (Lipinski definition) is 5. The smallest absolute Gasteiger partial charge is 0.227 e. The number of nitrogens with one attached hydrogen (secondary N) is 1. The quantitative estimate of drug-likeness (QED) is 0.814. The molecular weight excluding hydrogens is 330 g/mol. The SMILES string of the molecule is CNC.Clc1nc(OC2CCCCC2)c2c3c(sc2n1)CCC3. The van der Waals surface area contributed by atoms with Crippen LogP contribution >= 0.6 is 22.9 Å². The summed E-state index contributed by atoms with van der Waals surface area (Å²) < 4.78 is 6.20. The van der Waals surface area contributed by atoms with E-state index in [0.29, 0.717) is 11.4 Å². The predicted octanol–water partition coefficient (Wildman–Crippen LogP) is 4.38. The molecule has 0 radical (unpaired) electrons. The van der Waals surface area contributed by atoms with Crippen LogP contribution in [-0.2, 0) is 12.8 Å². The molecule has 2 aliphatic carbocycles. The summed E-state index contributed by atoms with van der Waals surface area (Å²) in [5.41, 5.74) is 1.41. The third-order valence-corrected chi connectivity index (χ3v) is 5.69. The Morgan fingerprint density at radius 2 is 1.83 bits per heavy atom. The lowest BCUT2D eigenvalue weighted by Crippen LogP contribution is -2.20. The van der Waals surface area contributed by atoms with Gasteiger partial charge in [-0.3, -0.25) is 0 Å². The van der Waals surface area contributed by atoms with Gasteiger partial charge in [-0.15, -0.1) is 11.3 Å². The van der Waals surface area contributed by atoms with E-state index in [2.05, 4.69) is 15.3 Å². The maximum absolute atomic E-state index is 6.20. The fourth-order valence-electron chi connectivity index (χ4n) is 3.36. The molecule has 1 saturated carbocycles. The van der Waals surface area contributed by atoms with E-state index in [-0.39, 0.29) is 0 Å². The Morgan fingerprint density at radius 3 is 2.57 bits per heavy atom. The fraction of sp³-hybridized carbons (Fsp3) is 0.647. The number of nitrogens with zero attached hydrogens (tertiary/aromatic N) is 2. The van der Waals surface area contributed by atoms with Crippen molar-refractivity contribution in [3.8, 4) is 5.88 Å². The highest BCUT2D eigenvalue weighted by molar-refractivity contribution is 7.19. The third kappa shape index (κ3) is 3.78. The van der Waals surface area contributed by atoms with Crippen molar-refractivity contribution in [1.29, 1.82) is 0 Å². The Balaban J connectivity index is 0.000000485. The zero-order valence-electron chi connectivity index (χ0n) is 13.8. The zero-order chi connectivity index (χ0) is 16.2. The maximum atomic E-state index is 6.20. The molecule has 126 valence electrons. The molecule has 0 amide bonds. The Labute approximate surface area is 146 Å². The van der Waals surface area contributed by atoms with Crippen molar-refractivity contribution >= 4 is 33.2 Å². The summed E-state index contributed by atoms with van der Waals surface area (Å²) in [6, 6.07) is 0. The molecule has 2 aliphatic rings. The molecule has 4 nitrogen and oxygen atoms in total. The minimum absolute atomic E-state index is 0.301. The van der Waals surface area contributed by atoms with Crippen molar-refractivity contribution in [1.82, 2.24) is 15.3 Å². The van der Waals surface area contributed by atoms with Crippen LogP contribution in [0.25, 0.3) is 10.2 Å². The molecular formula is C17H24ClN3OS. The molecule has 0 bridgehead atoms. The molecule has 4 rings (SSSR count). The van der Waals surface area contributed by atoms with Crippen LogP contribution in [0.3, 0.4) is 0 Å². The number of rotatable bonds is 2. The minimum atomic E-state index is 0.301. The monoisotopic (exact) mass is 353 g/mol. The summed E-state index contributed by atoms with van der Waals surface area (Å²) in [5.74, 6) is 0.728. The molecule has 0 atom stereocenters. The molecule has 1 N–H and O–H groups in total. The van der Waals surface area contributed by atoms with Gasteiger partial charge in [0.1, 0.15) is 10.9 Å². The number of halogens is 1. The molecule has 0 saturated heterocycles. The average Bonchev–Trinajstić information content (AvgIpc) is 3.09. The maximum Gasteiger partial charge on any atom is 0.227 e. The lowest BCUT2D eigenvalue weighted by molar-refractivity contribution is 0.151. The van der Waals surface area contributed by atoms with E-state index in [1.807, 2.05) is 14.1 Å². The number of aryl methyl sites for hydroxylation is 2. The van der Waals surface area contributed by atoms with Gasteiger partial charge in [-0.2, -0.15) is 4.98 Å². The van der Waals surface area contributed by atoms with Crippen molar-refractivity contribution < 1.29 is 4.74 Å². The van der Waals surface area contributed by atoms with Crippen LogP contribution in [-0.4, -0.2) is 30.2 Å². The summed E-state index contributed by atoms with van der Waals surface area (Å²) in [5, 5.41) is 4.20. The average molecular weight is 354 g/mol. The molecule has 0 unspecified atom stereocenters. The number of aromatic nitrogens is 2. The van der Waals surface area contributed by atoms with Gasteiger partial charge in [-0.25, -0.2) is 4.98 Å². The second-order valence-corrected chi connectivity index (χ2v) is 7.63. The van der Waals surface area contributed by atoms with Gasteiger partial charge in [-0.1, -0.05) is 6.42 Å². The standard InChI is InChI=1S/C15H17ClN2OS.C2H7N/c16-15-17-13(19-9-5-2-1-3-6-9)12-10-7-4-8-11(10)20-14(12)18-15;1-3-2/h9H,1-8H2;3H,1-2H3. The first-order chi connectivity index (χ1) is 11.2. The van der Waals surface area contributed by atoms with Crippen molar-refractivity contribution in [2.45, 2.75) is 57.5 Å². The number of thiophene rings is 1. The summed E-state index contributed by atoms with van der Waals surface area (Å²) in [4.78, 5) is 11.2. The van der Waals surface area contributed by atoms with Crippen LogP contribution in [0.2, 0.25) is 5.28 Å². The lowest BCUT2D eigenvalue weighted by atomic mass is 9.98. The van der Waals surface area contributed by atoms with E-state index in [1.165, 1.54) is 36.1 Å². The van der Waals surface area contributed by atoms with E-state index in [4.69, 9.17) is 16.3 Å². The van der Waals surface area contributed by atoms with E-state index < -0.39 is 0 Å². The fourth-order valence-corrected chi connectivity index (χ4v) is 4.83. The van der Waals surface area contributed by atoms with Gasteiger partial charge in [0.2, 0.25) is 11.2 Å². The van der Waals surface area contributed by atoms with Crippen molar-refractivity contribution in [2.75, 3.05) is 14.1 Å². The number of fused-ring (bicyclic) bond motifs is 3. The Bertz CT molecular complexity index is 667. The summed E-state index contributed by atoms with van der Waals surface area (Å²) >= 11 is 7.83. The van der Waals surface area contributed by atoms with Crippen LogP contribution in [0.5, 0.6) is 5.88 Å². The first-order valence-corrected chi connectivity index (χ1v) is 9.65. The molecule has 1 fully saturated rings. The second-order valence-electron chi connectivity index (χ2n) is 6.21. The van der Waals surface area contributed by atoms with Crippen LogP contribution in [0.15, 0.2) is 0 Å². The minimum Gasteiger partial charge on any atom is -0.474 e. The van der Waals surface area contributed by atoms with E-state index in [1.54, 1.807) is 11.3 Å². The normalized spacial score (nSPS) is 17.7. The van der Waals surface area contributed by atoms with E-state index in [9.17, 15) is 0 Å². The third-order valence-electron chi connectivity index (χ3n) is 4.33. The van der Waals surface area contributed by atoms with Gasteiger partial charge < -0.3 is 10.1 Å². The van der Waals surface area contributed by atoms with Gasteiger partial charge in [0, 0.05) is 4.88 Å². The van der Waals surface area contributed by atoms with Crippen LogP contribution in [0.4, 0.5) is 0 Å². The van der Waals surface area contributed by atoms with Gasteiger partial charge in [-0.05, 0) is 76.2 Å². The molecule has 6 heteroatoms. The van der Waals surface area contributed by atoms with Crippen LogP contribution < -0.4 is 10.1 Å². The van der Waals surface area contributed by atoms with Crippen molar-refractivity contribution in [2.24, 2.45) is 0 Å². The molecule has 2 heterocycles. The van der Waals surface area contributed by atoms with Gasteiger partial charge >= 0.3 is 0 Å². The molecule has 2 aromatic rings. The highest BCUT2D eigenvalue weighted by atomic mass is 35.5. The largest absolute Gasteiger partial charge is 0.474 e. The predicted molar refractivity (Wildman–Crippen MR) is 96.9 cm³/mol. The molecule has 23 heavy (non-hydrogen) atoms. The van der Waals surface area contributed by atoms with Crippen molar-refractivity contribution in [3.05, 3.63) is 15.7 Å². The summed E-state index contributed by atoms with van der Waals surface area (Å²) in [7, 11) is 3.75. The Morgan fingerprint density at radius 1 is 1.09 bits per heavy atom. The zero-order valence-corrected chi connectivity index (χ0v) is 15.4. The summed E-state index contributed by atoms with van der Waals surface area (Å²) in [6.45, 7) is 0.